The Kier molecular flexibility index (Phi) is 5.03. The third-order valence-electron chi connectivity index (χ3n) is 4.94. The number of benzene rings is 1. The van der Waals surface area contributed by atoms with E-state index in [0.717, 1.165) is 11.1 Å². The molecule has 6 nitrogen and oxygen atoms in total. The van der Waals surface area contributed by atoms with Gasteiger partial charge in [0.25, 0.3) is 0 Å². The molecular formula is C22H19FN4O2. The monoisotopic (exact) mass is 390 g/mol. The van der Waals surface area contributed by atoms with E-state index >= 15 is 0 Å². The summed E-state index contributed by atoms with van der Waals surface area (Å²) in [4.78, 5) is 8.36. The molecule has 0 saturated carbocycles. The van der Waals surface area contributed by atoms with Crippen molar-refractivity contribution < 1.29 is 14.2 Å². The predicted molar refractivity (Wildman–Crippen MR) is 108 cm³/mol. The lowest BCUT2D eigenvalue weighted by Crippen LogP contribution is -2.12. The molecule has 0 unspecified atom stereocenters. The summed E-state index contributed by atoms with van der Waals surface area (Å²) in [5.41, 5.74) is 3.10. The van der Waals surface area contributed by atoms with E-state index in [2.05, 4.69) is 26.7 Å². The van der Waals surface area contributed by atoms with Gasteiger partial charge in [0.1, 0.15) is 17.6 Å². The van der Waals surface area contributed by atoms with E-state index in [1.165, 1.54) is 12.3 Å². The van der Waals surface area contributed by atoms with Crippen molar-refractivity contribution in [1.29, 1.82) is 0 Å². The number of nitrogens with zero attached hydrogens (tertiary/aromatic N) is 4. The Morgan fingerprint density at radius 1 is 1.17 bits per heavy atom. The van der Waals surface area contributed by atoms with Crippen LogP contribution in [0.5, 0.6) is 11.6 Å². The van der Waals surface area contributed by atoms with Crippen LogP contribution in [0.3, 0.4) is 0 Å². The van der Waals surface area contributed by atoms with Crippen LogP contribution in [0.4, 0.5) is 4.39 Å². The van der Waals surface area contributed by atoms with E-state index in [4.69, 9.17) is 4.74 Å². The van der Waals surface area contributed by atoms with Crippen LogP contribution >= 0.6 is 0 Å². The number of halogens is 1. The normalized spacial score (nSPS) is 18.0. The lowest BCUT2D eigenvalue weighted by molar-refractivity contribution is 0.346. The van der Waals surface area contributed by atoms with Crippen molar-refractivity contribution in [2.45, 2.75) is 12.6 Å². The third kappa shape index (κ3) is 3.71. The lowest BCUT2D eigenvalue weighted by Gasteiger charge is -2.14. The zero-order valence-electron chi connectivity index (χ0n) is 15.8. The maximum Gasteiger partial charge on any atom is 0.213 e. The van der Waals surface area contributed by atoms with E-state index in [1.54, 1.807) is 37.6 Å². The molecule has 1 aromatic carbocycles. The number of aromatic nitrogens is 4. The highest BCUT2D eigenvalue weighted by molar-refractivity contribution is 5.74. The van der Waals surface area contributed by atoms with Gasteiger partial charge >= 0.3 is 0 Å². The van der Waals surface area contributed by atoms with Crippen LogP contribution in [0, 0.1) is 5.92 Å². The number of hydrogen-bond acceptors (Lipinski definition) is 6. The molecule has 1 N–H and O–H groups in total. The first kappa shape index (κ1) is 18.7. The van der Waals surface area contributed by atoms with Crippen LogP contribution < -0.4 is 4.74 Å². The first-order valence-corrected chi connectivity index (χ1v) is 9.10. The van der Waals surface area contributed by atoms with Crippen LogP contribution in [0.25, 0.3) is 28.0 Å². The summed E-state index contributed by atoms with van der Waals surface area (Å²) in [6, 6.07) is 8.85. The van der Waals surface area contributed by atoms with Crippen molar-refractivity contribution in [3.8, 4) is 34.0 Å². The minimum Gasteiger partial charge on any atom is -0.507 e. The number of allylic oxidation sites excluding steroid dienone is 3. The van der Waals surface area contributed by atoms with Gasteiger partial charge in [0, 0.05) is 23.7 Å². The Bertz CT molecular complexity index is 1080. The highest BCUT2D eigenvalue weighted by atomic mass is 19.1. The molecule has 29 heavy (non-hydrogen) atoms. The van der Waals surface area contributed by atoms with Crippen molar-refractivity contribution in [1.82, 2.24) is 20.2 Å². The van der Waals surface area contributed by atoms with Crippen LogP contribution in [0.1, 0.15) is 12.2 Å². The van der Waals surface area contributed by atoms with Crippen molar-refractivity contribution >= 4 is 5.57 Å². The molecule has 1 aliphatic carbocycles. The summed E-state index contributed by atoms with van der Waals surface area (Å²) in [6.07, 6.45) is 5.97. The number of phenolic OH excluding ortho intramolecular Hbond substituents is 1. The number of ether oxygens (including phenoxy) is 1. The number of pyridine rings is 1. The zero-order chi connectivity index (χ0) is 20.4. The van der Waals surface area contributed by atoms with Crippen LogP contribution in [-0.2, 0) is 0 Å². The Hall–Kier alpha value is -3.61. The van der Waals surface area contributed by atoms with Crippen molar-refractivity contribution in [2.75, 3.05) is 7.11 Å². The second kappa shape index (κ2) is 7.79. The molecule has 0 spiro atoms. The topological polar surface area (TPSA) is 81.0 Å². The van der Waals surface area contributed by atoms with Crippen molar-refractivity contribution in [2.24, 2.45) is 5.92 Å². The quantitative estimate of drug-likeness (QED) is 0.656. The van der Waals surface area contributed by atoms with E-state index in [9.17, 15) is 9.50 Å². The summed E-state index contributed by atoms with van der Waals surface area (Å²) >= 11 is 0. The molecule has 0 amide bonds. The van der Waals surface area contributed by atoms with E-state index in [0.29, 0.717) is 35.0 Å². The fraction of sp³-hybridized carbons (Fsp3) is 0.182. The van der Waals surface area contributed by atoms with E-state index in [-0.39, 0.29) is 11.7 Å². The highest BCUT2D eigenvalue weighted by Crippen LogP contribution is 2.34. The second-order valence-electron chi connectivity index (χ2n) is 6.73. The van der Waals surface area contributed by atoms with Gasteiger partial charge in [-0.25, -0.2) is 14.4 Å². The molecule has 0 aliphatic heterocycles. The van der Waals surface area contributed by atoms with Crippen molar-refractivity contribution in [3.05, 3.63) is 67.3 Å². The SMILES string of the molecule is C=C(c1ncc(-c2ccc(-c3ccnc(OC)c3)cc2O)nn1)[C@@H]1CC=C[C@@H]1F. The van der Waals surface area contributed by atoms with Gasteiger partial charge in [-0.2, -0.15) is 0 Å². The number of aromatic hydroxyl groups is 1. The molecule has 0 bridgehead atoms. The molecule has 2 atom stereocenters. The Morgan fingerprint density at radius 2 is 2.00 bits per heavy atom. The number of alkyl halides is 1. The molecule has 2 heterocycles. The molecule has 1 aliphatic rings. The van der Waals surface area contributed by atoms with Gasteiger partial charge in [-0.3, -0.25) is 0 Å². The summed E-state index contributed by atoms with van der Waals surface area (Å²) in [5.74, 6) is 0.493. The van der Waals surface area contributed by atoms with E-state index in [1.807, 2.05) is 12.1 Å². The highest BCUT2D eigenvalue weighted by Gasteiger charge is 2.27. The van der Waals surface area contributed by atoms with Gasteiger partial charge < -0.3 is 9.84 Å². The average Bonchev–Trinajstić information content (AvgIpc) is 3.19. The number of hydrogen-bond donors (Lipinski definition) is 1. The van der Waals surface area contributed by atoms with Crippen LogP contribution in [0.2, 0.25) is 0 Å². The molecule has 0 radical (unpaired) electrons. The summed E-state index contributed by atoms with van der Waals surface area (Å²) in [5, 5.41) is 18.7. The molecule has 7 heteroatoms. The minimum atomic E-state index is -1.07. The van der Waals surface area contributed by atoms with Gasteiger partial charge in [0.2, 0.25) is 5.88 Å². The molecule has 0 fully saturated rings. The molecular weight excluding hydrogens is 371 g/mol. The third-order valence-corrected chi connectivity index (χ3v) is 4.94. The minimum absolute atomic E-state index is 0.0461. The van der Waals surface area contributed by atoms with Crippen LogP contribution in [0.15, 0.2) is 61.5 Å². The van der Waals surface area contributed by atoms with Crippen molar-refractivity contribution in [3.63, 3.8) is 0 Å². The number of methoxy groups -OCH3 is 1. The molecule has 4 rings (SSSR count). The molecule has 146 valence electrons. The van der Waals surface area contributed by atoms with Gasteiger partial charge in [0.05, 0.1) is 13.3 Å². The van der Waals surface area contributed by atoms with E-state index < -0.39 is 6.17 Å². The fourth-order valence-electron chi connectivity index (χ4n) is 3.29. The number of rotatable bonds is 5. The summed E-state index contributed by atoms with van der Waals surface area (Å²) in [6.45, 7) is 3.93. The maximum absolute atomic E-state index is 13.9. The smallest absolute Gasteiger partial charge is 0.213 e. The van der Waals surface area contributed by atoms with Gasteiger partial charge in [-0.05, 0) is 41.3 Å². The predicted octanol–water partition coefficient (Wildman–Crippen LogP) is 4.24. The summed E-state index contributed by atoms with van der Waals surface area (Å²) in [7, 11) is 1.55. The Balaban J connectivity index is 1.58. The first-order chi connectivity index (χ1) is 14.1. The Labute approximate surface area is 167 Å². The van der Waals surface area contributed by atoms with Gasteiger partial charge in [0.15, 0.2) is 5.82 Å². The lowest BCUT2D eigenvalue weighted by atomic mass is 9.96. The first-order valence-electron chi connectivity index (χ1n) is 9.10. The number of phenols is 1. The van der Waals surface area contributed by atoms with Crippen LogP contribution in [-0.4, -0.2) is 38.6 Å². The molecule has 3 aromatic rings. The standard InChI is InChI=1S/C22H19FN4O2/c1-13(16-4-3-5-18(16)23)22-25-12-19(26-27-22)17-7-6-14(10-20(17)28)15-8-9-24-21(11-15)29-2/h3,5-12,16,18,28H,1,4H2,2H3/t16-,18-/m0/s1. The average molecular weight is 390 g/mol. The van der Waals surface area contributed by atoms with Gasteiger partial charge in [-0.1, -0.05) is 24.8 Å². The zero-order valence-corrected chi connectivity index (χ0v) is 15.8. The second-order valence-corrected chi connectivity index (χ2v) is 6.73. The van der Waals surface area contributed by atoms with Gasteiger partial charge in [-0.15, -0.1) is 10.2 Å². The molecule has 2 aromatic heterocycles. The Morgan fingerprint density at radius 3 is 2.66 bits per heavy atom. The largest absolute Gasteiger partial charge is 0.507 e. The maximum atomic E-state index is 13.9. The summed E-state index contributed by atoms with van der Waals surface area (Å²) < 4.78 is 19.0. The molecule has 0 saturated heterocycles. The fourth-order valence-corrected chi connectivity index (χ4v) is 3.29.